The Kier molecular flexibility index (Phi) is 6.35. The molecule has 1 heterocycles. The van der Waals surface area contributed by atoms with Gasteiger partial charge in [-0.3, -0.25) is 4.79 Å². The quantitative estimate of drug-likeness (QED) is 0.500. The lowest BCUT2D eigenvalue weighted by atomic mass is 9.79. The maximum absolute atomic E-state index is 10.9. The number of rotatable bonds is 6. The van der Waals surface area contributed by atoms with Crippen LogP contribution in [-0.4, -0.2) is 63.7 Å². The Balaban J connectivity index is 3.06. The minimum atomic E-state index is -1.40. The second-order valence-electron chi connectivity index (χ2n) is 7.32. The SMILES string of the molecule is C[C@H]1C(O)C[C@](CC(C)(C)C)(OC=O)OC1C(O)C(O)CO. The highest BCUT2D eigenvalue weighted by atomic mass is 16.7. The van der Waals surface area contributed by atoms with Gasteiger partial charge in [0.2, 0.25) is 5.79 Å². The molecule has 4 unspecified atom stereocenters. The highest BCUT2D eigenvalue weighted by Crippen LogP contribution is 2.42. The highest BCUT2D eigenvalue weighted by molar-refractivity contribution is 5.38. The number of hydrogen-bond donors (Lipinski definition) is 4. The van der Waals surface area contributed by atoms with Crippen LogP contribution < -0.4 is 0 Å². The van der Waals surface area contributed by atoms with Crippen LogP contribution in [-0.2, 0) is 14.3 Å². The summed E-state index contributed by atoms with van der Waals surface area (Å²) in [5, 5.41) is 39.1. The second-order valence-corrected chi connectivity index (χ2v) is 7.32. The zero-order valence-corrected chi connectivity index (χ0v) is 13.6. The Bertz CT molecular complexity index is 367. The van der Waals surface area contributed by atoms with E-state index in [1.165, 1.54) is 0 Å². The minimum absolute atomic E-state index is 0.0859. The predicted octanol–water partition coefficient (Wildman–Crippen LogP) is -0.208. The van der Waals surface area contributed by atoms with Gasteiger partial charge < -0.3 is 29.9 Å². The first-order valence-electron chi connectivity index (χ1n) is 7.49. The zero-order valence-electron chi connectivity index (χ0n) is 13.6. The zero-order chi connectivity index (χ0) is 17.1. The van der Waals surface area contributed by atoms with E-state index in [-0.39, 0.29) is 18.3 Å². The number of hydrogen-bond acceptors (Lipinski definition) is 7. The van der Waals surface area contributed by atoms with E-state index < -0.39 is 42.7 Å². The van der Waals surface area contributed by atoms with Crippen molar-refractivity contribution >= 4 is 6.47 Å². The molecule has 4 N–H and O–H groups in total. The van der Waals surface area contributed by atoms with Crippen molar-refractivity contribution in [2.24, 2.45) is 11.3 Å². The molecule has 6 atom stereocenters. The van der Waals surface area contributed by atoms with Crippen molar-refractivity contribution in [3.63, 3.8) is 0 Å². The molecule has 1 aliphatic rings. The van der Waals surface area contributed by atoms with Crippen LogP contribution >= 0.6 is 0 Å². The molecular weight excluding hydrogens is 292 g/mol. The molecule has 0 aliphatic carbocycles. The Labute approximate surface area is 130 Å². The van der Waals surface area contributed by atoms with Crippen molar-refractivity contribution in [1.82, 2.24) is 0 Å². The van der Waals surface area contributed by atoms with Crippen molar-refractivity contribution in [2.45, 2.75) is 70.7 Å². The van der Waals surface area contributed by atoms with Crippen LogP contribution in [0, 0.1) is 11.3 Å². The van der Waals surface area contributed by atoms with Gasteiger partial charge in [0, 0.05) is 18.8 Å². The molecule has 0 saturated carbocycles. The lowest BCUT2D eigenvalue weighted by molar-refractivity contribution is -0.318. The van der Waals surface area contributed by atoms with Gasteiger partial charge in [0.05, 0.1) is 18.8 Å². The Hall–Kier alpha value is -0.730. The van der Waals surface area contributed by atoms with Crippen molar-refractivity contribution in [1.29, 1.82) is 0 Å². The first kappa shape index (κ1) is 19.3. The normalized spacial score (nSPS) is 35.7. The largest absolute Gasteiger partial charge is 0.435 e. The maximum Gasteiger partial charge on any atom is 0.295 e. The van der Waals surface area contributed by atoms with Crippen LogP contribution in [0.25, 0.3) is 0 Å². The molecule has 0 aromatic carbocycles. The molecule has 0 bridgehead atoms. The fourth-order valence-electron chi connectivity index (χ4n) is 2.96. The van der Waals surface area contributed by atoms with Gasteiger partial charge in [-0.15, -0.1) is 0 Å². The average Bonchev–Trinajstić information content (AvgIpc) is 2.39. The Morgan fingerprint density at radius 1 is 1.41 bits per heavy atom. The summed E-state index contributed by atoms with van der Waals surface area (Å²) in [5.41, 5.74) is -0.256. The van der Waals surface area contributed by atoms with E-state index in [1.807, 2.05) is 20.8 Å². The Morgan fingerprint density at radius 3 is 2.45 bits per heavy atom. The lowest BCUT2D eigenvalue weighted by Gasteiger charge is -2.48. The third-order valence-corrected chi connectivity index (χ3v) is 3.98. The lowest BCUT2D eigenvalue weighted by Crippen LogP contribution is -2.59. The van der Waals surface area contributed by atoms with Crippen LogP contribution in [0.2, 0.25) is 0 Å². The molecule has 130 valence electrons. The summed E-state index contributed by atoms with van der Waals surface area (Å²) in [6.07, 6.45) is -4.23. The van der Waals surface area contributed by atoms with E-state index in [1.54, 1.807) is 6.92 Å². The van der Waals surface area contributed by atoms with Gasteiger partial charge in [-0.2, -0.15) is 0 Å². The minimum Gasteiger partial charge on any atom is -0.435 e. The summed E-state index contributed by atoms with van der Waals surface area (Å²) < 4.78 is 11.0. The van der Waals surface area contributed by atoms with Crippen LogP contribution in [0.1, 0.15) is 40.5 Å². The fraction of sp³-hybridized carbons (Fsp3) is 0.933. The number of aliphatic hydroxyl groups excluding tert-OH is 4. The molecule has 7 heteroatoms. The maximum atomic E-state index is 10.9. The summed E-state index contributed by atoms with van der Waals surface area (Å²) >= 11 is 0. The van der Waals surface area contributed by atoms with Crippen molar-refractivity contribution in [3.8, 4) is 0 Å². The van der Waals surface area contributed by atoms with Gasteiger partial charge in [0.15, 0.2) is 0 Å². The van der Waals surface area contributed by atoms with E-state index in [2.05, 4.69) is 0 Å². The first-order chi connectivity index (χ1) is 10.0. The van der Waals surface area contributed by atoms with Crippen LogP contribution in [0.5, 0.6) is 0 Å². The van der Waals surface area contributed by atoms with Crippen molar-refractivity contribution < 1.29 is 34.7 Å². The van der Waals surface area contributed by atoms with Gasteiger partial charge in [0.1, 0.15) is 12.2 Å². The molecule has 1 saturated heterocycles. The summed E-state index contributed by atoms with van der Waals surface area (Å²) in [6, 6.07) is 0. The van der Waals surface area contributed by atoms with Crippen LogP contribution in [0.4, 0.5) is 0 Å². The van der Waals surface area contributed by atoms with Crippen LogP contribution in [0.15, 0.2) is 0 Å². The smallest absolute Gasteiger partial charge is 0.295 e. The second kappa shape index (κ2) is 7.23. The number of carbonyl (C=O) groups excluding carboxylic acids is 1. The average molecular weight is 320 g/mol. The van der Waals surface area contributed by atoms with Crippen LogP contribution in [0.3, 0.4) is 0 Å². The molecule has 1 fully saturated rings. The highest BCUT2D eigenvalue weighted by Gasteiger charge is 2.51. The van der Waals surface area contributed by atoms with Gasteiger partial charge in [0.25, 0.3) is 6.47 Å². The third kappa shape index (κ3) is 4.63. The summed E-state index contributed by atoms with van der Waals surface area (Å²) in [6.45, 7) is 7.11. The van der Waals surface area contributed by atoms with E-state index in [4.69, 9.17) is 14.6 Å². The standard InChI is InChI=1S/C15H28O7/c1-9-10(18)5-15(21-8-17,7-14(2,3)4)22-13(9)12(20)11(19)6-16/h8-13,16,18-20H,5-7H2,1-4H3/t9-,10?,11?,12?,13?,15-/m0/s1. The molecule has 0 spiro atoms. The van der Waals surface area contributed by atoms with Gasteiger partial charge in [-0.25, -0.2) is 0 Å². The predicted molar refractivity (Wildman–Crippen MR) is 77.7 cm³/mol. The van der Waals surface area contributed by atoms with E-state index >= 15 is 0 Å². The number of aliphatic hydroxyl groups is 4. The third-order valence-electron chi connectivity index (χ3n) is 3.98. The molecule has 1 rings (SSSR count). The van der Waals surface area contributed by atoms with Crippen molar-refractivity contribution in [2.75, 3.05) is 6.61 Å². The number of ether oxygens (including phenoxy) is 2. The summed E-state index contributed by atoms with van der Waals surface area (Å²) in [4.78, 5) is 10.9. The number of carbonyl (C=O) groups is 1. The topological polar surface area (TPSA) is 116 Å². The molecule has 0 amide bonds. The van der Waals surface area contributed by atoms with E-state index in [9.17, 15) is 20.1 Å². The molecule has 0 aromatic heterocycles. The van der Waals surface area contributed by atoms with Gasteiger partial charge >= 0.3 is 0 Å². The molecule has 22 heavy (non-hydrogen) atoms. The van der Waals surface area contributed by atoms with Gasteiger partial charge in [-0.1, -0.05) is 27.7 Å². The first-order valence-corrected chi connectivity index (χ1v) is 7.49. The fourth-order valence-corrected chi connectivity index (χ4v) is 2.96. The molecule has 1 aliphatic heterocycles. The van der Waals surface area contributed by atoms with E-state index in [0.717, 1.165) is 0 Å². The monoisotopic (exact) mass is 320 g/mol. The molecule has 0 radical (unpaired) electrons. The van der Waals surface area contributed by atoms with Crippen molar-refractivity contribution in [3.05, 3.63) is 0 Å². The van der Waals surface area contributed by atoms with Gasteiger partial charge in [-0.05, 0) is 5.41 Å². The summed E-state index contributed by atoms with van der Waals surface area (Å²) in [7, 11) is 0. The molecule has 0 aromatic rings. The molecule has 7 nitrogen and oxygen atoms in total. The van der Waals surface area contributed by atoms with E-state index in [0.29, 0.717) is 6.42 Å². The molecular formula is C15H28O7. The summed E-state index contributed by atoms with van der Waals surface area (Å²) in [5.74, 6) is -1.85. The Morgan fingerprint density at radius 2 is 2.00 bits per heavy atom.